The van der Waals surface area contributed by atoms with Crippen LogP contribution in [-0.2, 0) is 79.6 Å². The molecular formula is C112H128N12+4. The Balaban J connectivity index is 0.000000117. The van der Waals surface area contributed by atoms with E-state index < -0.39 is 0 Å². The van der Waals surface area contributed by atoms with E-state index in [0.717, 1.165) is 73.4 Å². The Labute approximate surface area is 731 Å². The zero-order valence-electron chi connectivity index (χ0n) is 78.1. The van der Waals surface area contributed by atoms with Gasteiger partial charge in [-0.05, 0) is 314 Å². The molecule has 12 heteroatoms. The van der Waals surface area contributed by atoms with Crippen molar-refractivity contribution >= 4 is 154 Å². The van der Waals surface area contributed by atoms with Gasteiger partial charge in [0.05, 0.1) is 71.8 Å². The average molecular weight is 1640 g/mol. The van der Waals surface area contributed by atoms with E-state index in [1.165, 1.54) is 199 Å². The first-order chi connectivity index (χ1) is 59.4. The lowest BCUT2D eigenvalue weighted by Gasteiger charge is -2.09. The Kier molecular flexibility index (Phi) is 23.0. The fourth-order valence-electron chi connectivity index (χ4n) is 20.5. The fraction of sp³-hybridized carbons (Fsp3) is 0.357. The topological polar surface area (TPSA) is 85.5 Å². The van der Waals surface area contributed by atoms with Crippen molar-refractivity contribution in [3.05, 3.63) is 261 Å². The van der Waals surface area contributed by atoms with Crippen LogP contribution in [0.3, 0.4) is 0 Å². The van der Waals surface area contributed by atoms with Gasteiger partial charge >= 0.3 is 0 Å². The first-order valence-electron chi connectivity index (χ1n) is 45.9. The van der Waals surface area contributed by atoms with E-state index >= 15 is 0 Å². The molecule has 0 aliphatic carbocycles. The lowest BCUT2D eigenvalue weighted by molar-refractivity contribution is -0.617. The average Bonchev–Trinajstić information content (AvgIpc) is 1.57. The second kappa shape index (κ2) is 33.7. The summed E-state index contributed by atoms with van der Waals surface area (Å²) in [5, 5.41) is 9.94. The number of nitrogens with zero attached hydrogens (tertiary/aromatic N) is 12. The zero-order chi connectivity index (χ0) is 87.4. The maximum Gasteiger partial charge on any atom is 0.297 e. The van der Waals surface area contributed by atoms with Crippen LogP contribution in [0.2, 0.25) is 0 Å². The monoisotopic (exact) mass is 1640 g/mol. The highest BCUT2D eigenvalue weighted by atomic mass is 15.1. The van der Waals surface area contributed by atoms with Crippen LogP contribution in [-0.4, -0.2) is 37.7 Å². The van der Waals surface area contributed by atoms with Crippen LogP contribution in [0.5, 0.6) is 0 Å². The molecular weight excluding hydrogens is 1510 g/mol. The Hall–Kier alpha value is -11.8. The van der Waals surface area contributed by atoms with Crippen LogP contribution in [0.4, 0.5) is 0 Å². The third-order valence-electron chi connectivity index (χ3n) is 25.6. The molecule has 20 aromatic rings. The molecule has 12 heterocycles. The molecule has 0 aliphatic rings. The Morgan fingerprint density at radius 3 is 0.911 bits per heavy atom. The van der Waals surface area contributed by atoms with Gasteiger partial charge in [-0.25, -0.2) is 18.3 Å². The third-order valence-corrected chi connectivity index (χ3v) is 25.6. The van der Waals surface area contributed by atoms with E-state index in [-0.39, 0.29) is 0 Å². The summed E-state index contributed by atoms with van der Waals surface area (Å²) in [5.74, 6) is 5.09. The largest absolute Gasteiger partial charge is 0.297 e. The van der Waals surface area contributed by atoms with E-state index in [4.69, 9.17) is 19.9 Å². The van der Waals surface area contributed by atoms with Crippen LogP contribution < -0.4 is 18.1 Å². The summed E-state index contributed by atoms with van der Waals surface area (Å²) in [4.78, 5) is 19.5. The number of aryl methyl sites for hydroxylation is 8. The van der Waals surface area contributed by atoms with Crippen molar-refractivity contribution in [2.45, 2.75) is 190 Å². The van der Waals surface area contributed by atoms with Gasteiger partial charge in [-0.15, -0.1) is 0 Å². The third kappa shape index (κ3) is 15.4. The van der Waals surface area contributed by atoms with E-state index in [2.05, 4.69) is 372 Å². The summed E-state index contributed by atoms with van der Waals surface area (Å²) in [6.45, 7) is 45.4. The highest BCUT2D eigenvalue weighted by molar-refractivity contribution is 6.15. The van der Waals surface area contributed by atoms with Gasteiger partial charge in [-0.2, -0.15) is 17.6 Å². The lowest BCUT2D eigenvalue weighted by atomic mass is 9.99. The number of fused-ring (bicyclic) bond motifs is 32. The standard InChI is InChI=1S/4C28H32N3/c1-17(2)13-20-7-9-23-22(15-20)27-26(19(5)11-12-29-27)28-30(6)25-16-21(14-18(3)4)8-10-24(25)31(23)28;1-17(2)13-20-7-9-23-22(15-20)27-26(19(5)11-12-29-27)28-30(6)24-10-8-21(14-18(3)4)16-25(24)31(23)28;1-17(2)13-20-7-9-22-24(15-20)31-23-10-8-21(14-18(3)4)16-25(23)30(6)28(31)26-19(5)11-12-29-27(22)26;1-17(2)13-20-7-9-22-24(15-20)31-25-16-21(14-18(3)4)8-10-23(25)30(6)28(31)26-19(5)11-12-29-27(22)26/h4*7-12,15-18H,13-14H2,1-6H3/q4*+1. The van der Waals surface area contributed by atoms with Crippen LogP contribution in [0.1, 0.15) is 178 Å². The van der Waals surface area contributed by atoms with Crippen LogP contribution in [0.15, 0.2) is 195 Å². The number of pyridine rings is 8. The van der Waals surface area contributed by atoms with Crippen molar-refractivity contribution < 1.29 is 18.1 Å². The summed E-state index contributed by atoms with van der Waals surface area (Å²) in [5.41, 5.74) is 40.7. The van der Waals surface area contributed by atoms with Gasteiger partial charge in [-0.1, -0.05) is 159 Å². The Bertz CT molecular complexity index is 7520. The molecule has 0 atom stereocenters. The minimum absolute atomic E-state index is 0.629. The van der Waals surface area contributed by atoms with Crippen molar-refractivity contribution in [1.82, 2.24) is 37.7 Å². The van der Waals surface area contributed by atoms with Gasteiger partial charge in [0.15, 0.2) is 44.1 Å². The number of benzene rings is 8. The lowest BCUT2D eigenvalue weighted by Crippen LogP contribution is -2.27. The van der Waals surface area contributed by atoms with Crippen molar-refractivity contribution in [2.24, 2.45) is 75.5 Å². The van der Waals surface area contributed by atoms with Gasteiger partial charge in [0.2, 0.25) is 0 Å². The van der Waals surface area contributed by atoms with Crippen molar-refractivity contribution in [3.63, 3.8) is 0 Å². The maximum atomic E-state index is 4.88. The van der Waals surface area contributed by atoms with Gasteiger partial charge < -0.3 is 0 Å². The van der Waals surface area contributed by atoms with Gasteiger partial charge in [0.25, 0.3) is 22.6 Å². The SMILES string of the molecule is Cc1ccnc2c3cc(CC(C)C)ccc3[n+]3c4ccc(CC(C)C)cc4n(C)c3c12.Cc1ccnc2c3cc(CC(C)C)ccc3n3c4cc(CC(C)C)ccc4[n+](C)c3c12.Cc1ccnc2c3ccc(CC(C)C)cc3n3c4cc(CC(C)C)ccc4[n+](C)c3c12.Cc1ccnc2c3ccc(CC(C)C)cc3n3c4ccc(CC(C)C)cc4[n+](C)c3c12. The predicted octanol–water partition coefficient (Wildman–Crippen LogP) is 25.3. The van der Waals surface area contributed by atoms with E-state index in [9.17, 15) is 0 Å². The molecule has 0 unspecified atom stereocenters. The molecule has 12 aromatic heterocycles. The van der Waals surface area contributed by atoms with Gasteiger partial charge in [0, 0.05) is 46.3 Å². The van der Waals surface area contributed by atoms with Crippen molar-refractivity contribution in [1.29, 1.82) is 0 Å². The molecule has 0 saturated heterocycles. The predicted molar refractivity (Wildman–Crippen MR) is 523 cm³/mol. The number of imidazole rings is 4. The first kappa shape index (κ1) is 84.5. The molecule has 0 spiro atoms. The fourth-order valence-corrected chi connectivity index (χ4v) is 20.5. The van der Waals surface area contributed by atoms with Gasteiger partial charge in [-0.3, -0.25) is 19.9 Å². The highest BCUT2D eigenvalue weighted by Gasteiger charge is 2.32. The molecule has 8 aromatic carbocycles. The molecule has 0 aliphatic heterocycles. The number of hydrogen-bond donors (Lipinski definition) is 0. The minimum atomic E-state index is 0.629. The Morgan fingerprint density at radius 2 is 0.516 bits per heavy atom. The zero-order valence-corrected chi connectivity index (χ0v) is 78.1. The van der Waals surface area contributed by atoms with Crippen molar-refractivity contribution in [3.8, 4) is 0 Å². The first-order valence-corrected chi connectivity index (χ1v) is 45.9. The molecule has 124 heavy (non-hydrogen) atoms. The molecule has 0 N–H and O–H groups in total. The molecule has 12 nitrogen and oxygen atoms in total. The molecule has 0 fully saturated rings. The molecule has 0 radical (unpaired) electrons. The molecule has 0 bridgehead atoms. The second-order valence-electron chi connectivity index (χ2n) is 39.8. The summed E-state index contributed by atoms with van der Waals surface area (Å²) < 4.78 is 19.3. The summed E-state index contributed by atoms with van der Waals surface area (Å²) in [6.07, 6.45) is 16.5. The van der Waals surface area contributed by atoms with E-state index in [0.29, 0.717) is 47.3 Å². The molecule has 0 saturated carbocycles. The van der Waals surface area contributed by atoms with Crippen molar-refractivity contribution in [2.75, 3.05) is 0 Å². The van der Waals surface area contributed by atoms with Crippen LogP contribution >= 0.6 is 0 Å². The number of hydrogen-bond acceptors (Lipinski definition) is 4. The summed E-state index contributed by atoms with van der Waals surface area (Å²) in [6, 6.07) is 64.3. The smallest absolute Gasteiger partial charge is 0.255 e. The molecule has 20 rings (SSSR count). The molecule has 632 valence electrons. The van der Waals surface area contributed by atoms with E-state index in [1.54, 1.807) is 0 Å². The van der Waals surface area contributed by atoms with E-state index in [1.807, 2.05) is 24.8 Å². The number of aromatic nitrogens is 12. The number of rotatable bonds is 16. The second-order valence-corrected chi connectivity index (χ2v) is 39.8. The van der Waals surface area contributed by atoms with Crippen LogP contribution in [0.25, 0.3) is 154 Å². The highest BCUT2D eigenvalue weighted by Crippen LogP contribution is 2.40. The van der Waals surface area contributed by atoms with Crippen LogP contribution in [0, 0.1) is 75.0 Å². The summed E-state index contributed by atoms with van der Waals surface area (Å²) >= 11 is 0. The normalized spacial score (nSPS) is 12.4. The summed E-state index contributed by atoms with van der Waals surface area (Å²) in [7, 11) is 8.77. The quantitative estimate of drug-likeness (QED) is 0.0712. The minimum Gasteiger partial charge on any atom is -0.255 e. The van der Waals surface area contributed by atoms with Gasteiger partial charge in [0.1, 0.15) is 22.1 Å². The Morgan fingerprint density at radius 1 is 0.242 bits per heavy atom. The molecule has 0 amide bonds. The maximum absolute atomic E-state index is 4.88.